The molecule has 1 aliphatic rings. The lowest BCUT2D eigenvalue weighted by Crippen LogP contribution is -2.58. The molecule has 2 nitrogen and oxygen atoms in total. The molecule has 1 rings (SSSR count). The highest BCUT2D eigenvalue weighted by atomic mass is 16.1. The number of nitrogens with zero attached hydrogens (tertiary/aromatic N) is 1. The summed E-state index contributed by atoms with van der Waals surface area (Å²) in [7, 11) is 2.21. The summed E-state index contributed by atoms with van der Waals surface area (Å²) in [5, 5.41) is 0. The monoisotopic (exact) mass is 269 g/mol. The van der Waals surface area contributed by atoms with Crippen LogP contribution < -0.4 is 0 Å². The van der Waals surface area contributed by atoms with Crippen molar-refractivity contribution in [1.82, 2.24) is 4.90 Å². The Hall–Kier alpha value is -0.370. The van der Waals surface area contributed by atoms with Gasteiger partial charge in [-0.25, -0.2) is 0 Å². The van der Waals surface area contributed by atoms with Crippen LogP contribution in [0, 0.1) is 11.3 Å². The highest BCUT2D eigenvalue weighted by Crippen LogP contribution is 2.42. The van der Waals surface area contributed by atoms with Crippen molar-refractivity contribution in [2.75, 3.05) is 7.05 Å². The maximum atomic E-state index is 12.2. The number of carbonyl (C=O) groups excluding carboxylic acids is 1. The van der Waals surface area contributed by atoms with Crippen LogP contribution in [0.5, 0.6) is 0 Å². The Morgan fingerprint density at radius 2 is 1.47 bits per heavy atom. The Morgan fingerprint density at radius 3 is 1.79 bits per heavy atom. The highest BCUT2D eigenvalue weighted by Gasteiger charge is 2.43. The van der Waals surface area contributed by atoms with Crippen molar-refractivity contribution in [2.45, 2.75) is 86.2 Å². The summed E-state index contributed by atoms with van der Waals surface area (Å²) in [6, 6.07) is 0. The fourth-order valence-corrected chi connectivity index (χ4v) is 3.29. The maximum absolute atomic E-state index is 12.2. The van der Waals surface area contributed by atoms with Gasteiger partial charge in [-0.2, -0.15) is 0 Å². The number of hydrogen-bond acceptors (Lipinski definition) is 2. The molecule has 0 aliphatic carbocycles. The van der Waals surface area contributed by atoms with Crippen LogP contribution in [0.2, 0.25) is 0 Å². The molecule has 0 unspecified atom stereocenters. The third-order valence-electron chi connectivity index (χ3n) is 4.70. The van der Waals surface area contributed by atoms with Gasteiger partial charge in [0.25, 0.3) is 0 Å². The fraction of sp³-hybridized carbons (Fsp3) is 0.941. The van der Waals surface area contributed by atoms with Crippen LogP contribution >= 0.6 is 0 Å². The Labute approximate surface area is 120 Å². The van der Waals surface area contributed by atoms with Gasteiger partial charge in [0, 0.05) is 22.9 Å². The lowest BCUT2D eigenvalue weighted by molar-refractivity contribution is -0.129. The molecule has 0 atom stereocenters. The summed E-state index contributed by atoms with van der Waals surface area (Å²) >= 11 is 0. The maximum Gasteiger partial charge on any atom is 0.138 e. The van der Waals surface area contributed by atoms with E-state index in [1.54, 1.807) is 0 Å². The molecular weight excluding hydrogens is 234 g/mol. The van der Waals surface area contributed by atoms with Gasteiger partial charge < -0.3 is 0 Å². The molecule has 0 radical (unpaired) electrons. The van der Waals surface area contributed by atoms with Crippen molar-refractivity contribution < 1.29 is 4.79 Å². The van der Waals surface area contributed by atoms with Gasteiger partial charge in [-0.3, -0.25) is 9.69 Å². The number of rotatable bonds is 2. The zero-order valence-electron chi connectivity index (χ0n) is 13.6. The van der Waals surface area contributed by atoms with E-state index in [1.165, 1.54) is 0 Å². The van der Waals surface area contributed by atoms with Crippen LogP contribution in [0.15, 0.2) is 0 Å². The Morgan fingerprint density at radius 1 is 1.11 bits per heavy atom. The minimum atomic E-state index is -0.197. The zero-order valence-corrected chi connectivity index (χ0v) is 13.6. The van der Waals surface area contributed by atoms with Crippen molar-refractivity contribution in [3.8, 4) is 0 Å². The zero-order chi connectivity index (χ0) is 14.4. The van der Waals surface area contributed by atoms with E-state index in [2.05, 4.69) is 39.6 Å². The first-order chi connectivity index (χ1) is 7.86. The molecule has 0 saturated carbocycles. The van der Waals surface area contributed by atoms with Gasteiger partial charge >= 0.3 is 0 Å². The molecule has 2 heteroatoms. The van der Waals surface area contributed by atoms with Crippen LogP contribution in [-0.4, -0.2) is 28.8 Å². The number of hydrogen-bond donors (Lipinski definition) is 0. The fourth-order valence-electron chi connectivity index (χ4n) is 3.29. The number of piperidine rings is 1. The molecule has 0 aromatic heterocycles. The van der Waals surface area contributed by atoms with Gasteiger partial charge in [-0.15, -0.1) is 0 Å². The first-order valence-corrected chi connectivity index (χ1v) is 7.13. The lowest BCUT2D eigenvalue weighted by atomic mass is 9.71. The third kappa shape index (κ3) is 4.30. The van der Waals surface area contributed by atoms with E-state index in [4.69, 9.17) is 0 Å². The standard InChI is InChI=1S/C16H31NO.CH4/c1-14(2,3)13(18)9-12-10-15(4,5)17(8)16(6,7)11-12;/h12H,9-11H2,1-8H3;1H4. The molecule has 0 bridgehead atoms. The normalized spacial score (nSPS) is 23.8. The van der Waals surface area contributed by atoms with Crippen molar-refractivity contribution in [3.05, 3.63) is 0 Å². The van der Waals surface area contributed by atoms with E-state index in [0.717, 1.165) is 19.3 Å². The van der Waals surface area contributed by atoms with E-state index in [1.807, 2.05) is 20.8 Å². The summed E-state index contributed by atoms with van der Waals surface area (Å²) in [5.74, 6) is 0.932. The SMILES string of the molecule is C.CN1C(C)(C)CC(CC(=O)C(C)(C)C)CC1(C)C. The Kier molecular flexibility index (Phi) is 5.45. The van der Waals surface area contributed by atoms with Crippen LogP contribution in [0.3, 0.4) is 0 Å². The second-order valence-electron chi connectivity index (χ2n) is 8.34. The molecule has 0 N–H and O–H groups in total. The first-order valence-electron chi connectivity index (χ1n) is 7.13. The Bertz CT molecular complexity index is 305. The highest BCUT2D eigenvalue weighted by molar-refractivity contribution is 5.83. The van der Waals surface area contributed by atoms with Gasteiger partial charge in [-0.1, -0.05) is 28.2 Å². The number of likely N-dealkylation sites (tertiary alicyclic amines) is 1. The van der Waals surface area contributed by atoms with E-state index in [-0.39, 0.29) is 23.9 Å². The largest absolute Gasteiger partial charge is 0.299 e. The predicted octanol–water partition coefficient (Wildman–Crippen LogP) is 4.53. The number of ketones is 1. The van der Waals surface area contributed by atoms with Crippen LogP contribution in [0.1, 0.15) is 75.2 Å². The molecular formula is C17H35NO. The minimum Gasteiger partial charge on any atom is -0.299 e. The van der Waals surface area contributed by atoms with E-state index in [0.29, 0.717) is 11.7 Å². The van der Waals surface area contributed by atoms with Crippen LogP contribution in [0.25, 0.3) is 0 Å². The van der Waals surface area contributed by atoms with Gasteiger partial charge in [-0.05, 0) is 53.5 Å². The summed E-state index contributed by atoms with van der Waals surface area (Å²) in [6.45, 7) is 15.3. The van der Waals surface area contributed by atoms with Gasteiger partial charge in [0.05, 0.1) is 0 Å². The van der Waals surface area contributed by atoms with Crippen LogP contribution in [0.4, 0.5) is 0 Å². The molecule has 0 spiro atoms. The lowest BCUT2D eigenvalue weighted by Gasteiger charge is -2.54. The molecule has 19 heavy (non-hydrogen) atoms. The van der Waals surface area contributed by atoms with E-state index in [9.17, 15) is 4.79 Å². The van der Waals surface area contributed by atoms with E-state index >= 15 is 0 Å². The van der Waals surface area contributed by atoms with Crippen molar-refractivity contribution >= 4 is 5.78 Å². The van der Waals surface area contributed by atoms with Crippen molar-refractivity contribution in [1.29, 1.82) is 0 Å². The van der Waals surface area contributed by atoms with Crippen LogP contribution in [-0.2, 0) is 4.79 Å². The van der Waals surface area contributed by atoms with Gasteiger partial charge in [0.1, 0.15) is 5.78 Å². The number of Topliss-reactive ketones (excluding diaryl/α,β-unsaturated/α-hetero) is 1. The quantitative estimate of drug-likeness (QED) is 0.734. The first kappa shape index (κ1) is 18.6. The molecule has 0 aromatic rings. The van der Waals surface area contributed by atoms with Crippen molar-refractivity contribution in [3.63, 3.8) is 0 Å². The molecule has 0 aromatic carbocycles. The molecule has 0 amide bonds. The smallest absolute Gasteiger partial charge is 0.138 e. The molecule has 1 saturated heterocycles. The number of carbonyl (C=O) groups is 1. The Balaban J connectivity index is 0.00000324. The van der Waals surface area contributed by atoms with Gasteiger partial charge in [0.2, 0.25) is 0 Å². The van der Waals surface area contributed by atoms with Gasteiger partial charge in [0.15, 0.2) is 0 Å². The molecule has 1 aliphatic heterocycles. The topological polar surface area (TPSA) is 20.3 Å². The van der Waals surface area contributed by atoms with E-state index < -0.39 is 0 Å². The molecule has 1 fully saturated rings. The summed E-state index contributed by atoms with van der Waals surface area (Å²) in [4.78, 5) is 14.7. The average Bonchev–Trinajstić information content (AvgIpc) is 2.11. The molecule has 1 heterocycles. The molecule has 114 valence electrons. The minimum absolute atomic E-state index is 0. The summed E-state index contributed by atoms with van der Waals surface area (Å²) in [6.07, 6.45) is 2.98. The third-order valence-corrected chi connectivity index (χ3v) is 4.70. The summed E-state index contributed by atoms with van der Waals surface area (Å²) < 4.78 is 0. The summed E-state index contributed by atoms with van der Waals surface area (Å²) in [5.41, 5.74) is 0.173. The second kappa shape index (κ2) is 5.55. The average molecular weight is 269 g/mol. The predicted molar refractivity (Wildman–Crippen MR) is 84.5 cm³/mol. The van der Waals surface area contributed by atoms with Crippen molar-refractivity contribution in [2.24, 2.45) is 11.3 Å². The second-order valence-corrected chi connectivity index (χ2v) is 8.34.